The van der Waals surface area contributed by atoms with Gasteiger partial charge in [0.25, 0.3) is 11.5 Å². The number of thiazole rings is 1. The van der Waals surface area contributed by atoms with Gasteiger partial charge in [-0.2, -0.15) is 0 Å². The summed E-state index contributed by atoms with van der Waals surface area (Å²) in [7, 11) is 0. The molecule has 1 amide bonds. The summed E-state index contributed by atoms with van der Waals surface area (Å²) in [5.74, 6) is -0.467. The van der Waals surface area contributed by atoms with Crippen LogP contribution < -0.4 is 24.9 Å². The Hall–Kier alpha value is -4.27. The van der Waals surface area contributed by atoms with Crippen molar-refractivity contribution < 1.29 is 14.3 Å². The van der Waals surface area contributed by atoms with Gasteiger partial charge in [0.05, 0.1) is 21.8 Å². The van der Waals surface area contributed by atoms with Crippen molar-refractivity contribution in [2.75, 3.05) is 5.32 Å². The molecule has 190 valence electrons. The molecule has 3 aromatic carbocycles. The van der Waals surface area contributed by atoms with Crippen molar-refractivity contribution in [3.05, 3.63) is 126 Å². The van der Waals surface area contributed by atoms with E-state index in [1.807, 2.05) is 18.2 Å². The van der Waals surface area contributed by atoms with Gasteiger partial charge in [-0.05, 0) is 48.9 Å². The topological polar surface area (TPSA) is 89.8 Å². The van der Waals surface area contributed by atoms with Crippen molar-refractivity contribution in [3.8, 4) is 5.75 Å². The standard InChI is InChI=1S/C29H22ClN3O4S/c1-17-25(27(35)32-22-9-4-3-5-10-22)26(19-12-14-21(30)15-13-19)33-28(36)24(38-29(33)31-17)16-20-8-6-7-11-23(20)37-18(2)34/h3-16,26H,1-2H3,(H,32,35)/b24-16-. The van der Waals surface area contributed by atoms with Crippen LogP contribution in [0.25, 0.3) is 6.08 Å². The Bertz CT molecular complexity index is 1760. The molecule has 0 saturated carbocycles. The third-order valence-corrected chi connectivity index (χ3v) is 7.18. The van der Waals surface area contributed by atoms with E-state index in [0.29, 0.717) is 42.6 Å². The van der Waals surface area contributed by atoms with Crippen LogP contribution in [0.4, 0.5) is 5.69 Å². The molecule has 7 nitrogen and oxygen atoms in total. The lowest BCUT2D eigenvalue weighted by Crippen LogP contribution is -2.40. The maximum Gasteiger partial charge on any atom is 0.308 e. The lowest BCUT2D eigenvalue weighted by molar-refractivity contribution is -0.131. The lowest BCUT2D eigenvalue weighted by Gasteiger charge is -2.25. The number of rotatable bonds is 5. The van der Waals surface area contributed by atoms with Gasteiger partial charge in [0.2, 0.25) is 0 Å². The van der Waals surface area contributed by atoms with Crippen molar-refractivity contribution >= 4 is 46.6 Å². The molecular weight excluding hydrogens is 522 g/mol. The van der Waals surface area contributed by atoms with Crippen LogP contribution in [0.2, 0.25) is 5.02 Å². The number of nitrogens with one attached hydrogen (secondary N) is 1. The lowest BCUT2D eigenvalue weighted by atomic mass is 9.95. The number of ether oxygens (including phenoxy) is 1. The number of esters is 1. The minimum atomic E-state index is -0.724. The average Bonchev–Trinajstić information content (AvgIpc) is 3.19. The SMILES string of the molecule is CC(=O)Oc1ccccc1/C=c1\sc2n(c1=O)C(c1ccc(Cl)cc1)C(C(=O)Nc1ccccc1)=C(C)N=2. The van der Waals surface area contributed by atoms with E-state index in [1.54, 1.807) is 73.7 Å². The number of carbonyl (C=O) groups excluding carboxylic acids is 2. The summed E-state index contributed by atoms with van der Waals surface area (Å²) in [6.45, 7) is 3.08. The number of carbonyl (C=O) groups is 2. The second kappa shape index (κ2) is 10.6. The third-order valence-electron chi connectivity index (χ3n) is 5.94. The summed E-state index contributed by atoms with van der Waals surface area (Å²) in [5, 5.41) is 3.47. The number of para-hydroxylation sites is 2. The molecule has 0 radical (unpaired) electrons. The molecule has 1 aliphatic heterocycles. The van der Waals surface area contributed by atoms with Crippen molar-refractivity contribution in [1.82, 2.24) is 4.57 Å². The van der Waals surface area contributed by atoms with Crippen molar-refractivity contribution in [3.63, 3.8) is 0 Å². The molecule has 0 bridgehead atoms. The quantitative estimate of drug-likeness (QED) is 0.297. The molecule has 0 spiro atoms. The number of allylic oxidation sites excluding steroid dienone is 1. The Morgan fingerprint density at radius 1 is 1.03 bits per heavy atom. The van der Waals surface area contributed by atoms with Crippen LogP contribution in [0.3, 0.4) is 0 Å². The van der Waals surface area contributed by atoms with Gasteiger partial charge in [-0.15, -0.1) is 0 Å². The Kier molecular flexibility index (Phi) is 7.09. The van der Waals surface area contributed by atoms with Crippen LogP contribution >= 0.6 is 22.9 Å². The highest BCUT2D eigenvalue weighted by Gasteiger charge is 2.32. The van der Waals surface area contributed by atoms with Crippen LogP contribution in [-0.4, -0.2) is 16.4 Å². The van der Waals surface area contributed by atoms with Gasteiger partial charge < -0.3 is 10.1 Å². The first kappa shape index (κ1) is 25.4. The molecule has 1 aromatic heterocycles. The van der Waals surface area contributed by atoms with Gasteiger partial charge in [-0.25, -0.2) is 4.99 Å². The molecule has 1 aliphatic rings. The normalized spacial score (nSPS) is 15.0. The highest BCUT2D eigenvalue weighted by Crippen LogP contribution is 2.31. The fourth-order valence-corrected chi connectivity index (χ4v) is 5.44. The van der Waals surface area contributed by atoms with E-state index < -0.39 is 12.0 Å². The summed E-state index contributed by atoms with van der Waals surface area (Å²) >= 11 is 7.35. The fourth-order valence-electron chi connectivity index (χ4n) is 4.28. The van der Waals surface area contributed by atoms with E-state index in [9.17, 15) is 14.4 Å². The van der Waals surface area contributed by atoms with E-state index in [2.05, 4.69) is 10.3 Å². The van der Waals surface area contributed by atoms with Crippen LogP contribution in [0, 0.1) is 0 Å². The Morgan fingerprint density at radius 3 is 2.42 bits per heavy atom. The number of benzene rings is 3. The van der Waals surface area contributed by atoms with E-state index in [1.165, 1.54) is 22.8 Å². The third kappa shape index (κ3) is 5.09. The molecular formula is C29H22ClN3O4S. The van der Waals surface area contributed by atoms with Gasteiger partial charge in [-0.3, -0.25) is 19.0 Å². The van der Waals surface area contributed by atoms with E-state index in [-0.39, 0.29) is 11.5 Å². The minimum absolute atomic E-state index is 0.316. The molecule has 1 unspecified atom stereocenters. The number of halogens is 1. The van der Waals surface area contributed by atoms with Crippen LogP contribution in [0.5, 0.6) is 5.75 Å². The van der Waals surface area contributed by atoms with Crippen molar-refractivity contribution in [2.45, 2.75) is 19.9 Å². The smallest absolute Gasteiger partial charge is 0.308 e. The Morgan fingerprint density at radius 2 is 1.71 bits per heavy atom. The molecule has 0 aliphatic carbocycles. The molecule has 0 saturated heterocycles. The largest absolute Gasteiger partial charge is 0.426 e. The first-order chi connectivity index (χ1) is 18.3. The second-order valence-corrected chi connectivity index (χ2v) is 10.0. The molecule has 1 N–H and O–H groups in total. The highest BCUT2D eigenvalue weighted by molar-refractivity contribution is 7.07. The number of amides is 1. The predicted molar refractivity (Wildman–Crippen MR) is 148 cm³/mol. The zero-order valence-electron chi connectivity index (χ0n) is 20.5. The molecule has 4 aromatic rings. The van der Waals surface area contributed by atoms with E-state index in [4.69, 9.17) is 16.3 Å². The Labute approximate surface area is 227 Å². The molecule has 9 heteroatoms. The number of anilines is 1. The van der Waals surface area contributed by atoms with Crippen LogP contribution in [0.15, 0.2) is 99.9 Å². The molecule has 0 fully saturated rings. The predicted octanol–water partition coefficient (Wildman–Crippen LogP) is 4.45. The number of nitrogens with zero attached hydrogens (tertiary/aromatic N) is 2. The Balaban J connectivity index is 1.67. The summed E-state index contributed by atoms with van der Waals surface area (Å²) in [6.07, 6.45) is 1.67. The maximum absolute atomic E-state index is 13.8. The summed E-state index contributed by atoms with van der Waals surface area (Å²) in [4.78, 5) is 44.1. The van der Waals surface area contributed by atoms with Gasteiger partial charge in [0, 0.05) is 23.2 Å². The van der Waals surface area contributed by atoms with Crippen molar-refractivity contribution in [2.24, 2.45) is 4.99 Å². The fraction of sp³-hybridized carbons (Fsp3) is 0.103. The van der Waals surface area contributed by atoms with Crippen molar-refractivity contribution in [1.29, 1.82) is 0 Å². The molecule has 2 heterocycles. The minimum Gasteiger partial charge on any atom is -0.426 e. The first-order valence-corrected chi connectivity index (χ1v) is 12.9. The molecule has 5 rings (SSSR count). The molecule has 38 heavy (non-hydrogen) atoms. The van der Waals surface area contributed by atoms with Crippen LogP contribution in [-0.2, 0) is 9.59 Å². The average molecular weight is 544 g/mol. The monoisotopic (exact) mass is 543 g/mol. The highest BCUT2D eigenvalue weighted by atomic mass is 35.5. The summed E-state index contributed by atoms with van der Waals surface area (Å²) in [6, 6.07) is 22.4. The van der Waals surface area contributed by atoms with Gasteiger partial charge in [-0.1, -0.05) is 71.5 Å². The molecule has 1 atom stereocenters. The number of hydrogen-bond donors (Lipinski definition) is 1. The van der Waals surface area contributed by atoms with Gasteiger partial charge in [0.15, 0.2) is 4.80 Å². The second-order valence-electron chi connectivity index (χ2n) is 8.58. The zero-order chi connectivity index (χ0) is 26.8. The van der Waals surface area contributed by atoms with Crippen LogP contribution in [0.1, 0.15) is 31.0 Å². The van der Waals surface area contributed by atoms with Gasteiger partial charge >= 0.3 is 5.97 Å². The van der Waals surface area contributed by atoms with E-state index in [0.717, 1.165) is 5.56 Å². The summed E-state index contributed by atoms with van der Waals surface area (Å²) in [5.41, 5.74) is 2.47. The number of hydrogen-bond acceptors (Lipinski definition) is 6. The first-order valence-electron chi connectivity index (χ1n) is 11.7. The zero-order valence-corrected chi connectivity index (χ0v) is 22.0. The number of aromatic nitrogens is 1. The van der Waals surface area contributed by atoms with E-state index >= 15 is 0 Å². The summed E-state index contributed by atoms with van der Waals surface area (Å²) < 4.78 is 7.23. The van der Waals surface area contributed by atoms with Gasteiger partial charge in [0.1, 0.15) is 5.75 Å². The maximum atomic E-state index is 13.8. The number of fused-ring (bicyclic) bond motifs is 1.